The Morgan fingerprint density at radius 3 is 2.26 bits per heavy atom. The van der Waals surface area contributed by atoms with E-state index >= 15 is 0 Å². The first-order chi connectivity index (χ1) is 13.2. The van der Waals surface area contributed by atoms with E-state index in [-0.39, 0.29) is 34.4 Å². The molecule has 7 bridgehead atoms. The summed E-state index contributed by atoms with van der Waals surface area (Å²) in [5.74, 6) is 5.34. The van der Waals surface area contributed by atoms with Crippen LogP contribution >= 0.6 is 0 Å². The molecular formula is C24H20O3. The van der Waals surface area contributed by atoms with Gasteiger partial charge in [-0.15, -0.1) is 0 Å². The zero-order valence-corrected chi connectivity index (χ0v) is 14.9. The maximum atomic E-state index is 14.0. The summed E-state index contributed by atoms with van der Waals surface area (Å²) in [6, 6.07) is 10.8. The second-order valence-electron chi connectivity index (χ2n) is 11.4. The molecular weight excluding hydrogens is 336 g/mol. The van der Waals surface area contributed by atoms with Gasteiger partial charge in [0, 0.05) is 29.1 Å². The minimum Gasteiger partial charge on any atom is -0.366 e. The van der Waals surface area contributed by atoms with Crippen molar-refractivity contribution in [2.24, 2.45) is 70.0 Å². The molecule has 9 fully saturated rings. The van der Waals surface area contributed by atoms with E-state index in [4.69, 9.17) is 4.74 Å². The predicted molar refractivity (Wildman–Crippen MR) is 92.0 cm³/mol. The molecule has 8 aliphatic carbocycles. The Morgan fingerprint density at radius 1 is 0.778 bits per heavy atom. The molecule has 14 atom stereocenters. The zero-order chi connectivity index (χ0) is 17.2. The van der Waals surface area contributed by atoms with Gasteiger partial charge in [0.15, 0.2) is 0 Å². The van der Waals surface area contributed by atoms with E-state index in [1.54, 1.807) is 0 Å². The van der Waals surface area contributed by atoms with E-state index in [2.05, 4.69) is 30.3 Å². The Hall–Kier alpha value is -1.48. The van der Waals surface area contributed by atoms with E-state index in [1.165, 1.54) is 12.0 Å². The number of hydrogen-bond donors (Lipinski definition) is 0. The molecule has 0 radical (unpaired) electrons. The predicted octanol–water partition coefficient (Wildman–Crippen LogP) is 2.44. The summed E-state index contributed by atoms with van der Waals surface area (Å²) in [6.07, 6.45) is 2.59. The number of carbonyl (C=O) groups excluding carboxylic acids is 2. The van der Waals surface area contributed by atoms with Gasteiger partial charge in [-0.2, -0.15) is 0 Å². The van der Waals surface area contributed by atoms with Gasteiger partial charge in [-0.05, 0) is 53.9 Å². The highest BCUT2D eigenvalue weighted by Crippen LogP contribution is 3.00. The first kappa shape index (κ1) is 12.9. The summed E-state index contributed by atoms with van der Waals surface area (Å²) < 4.78 is 6.72. The van der Waals surface area contributed by atoms with Crippen molar-refractivity contribution in [1.82, 2.24) is 0 Å². The Labute approximate surface area is 156 Å². The van der Waals surface area contributed by atoms with Crippen molar-refractivity contribution in [2.75, 3.05) is 0 Å². The number of ether oxygens (including phenoxy) is 1. The van der Waals surface area contributed by atoms with E-state index in [1.807, 2.05) is 0 Å². The van der Waals surface area contributed by atoms with Crippen LogP contribution in [0.25, 0.3) is 0 Å². The molecule has 1 aliphatic heterocycles. The second-order valence-corrected chi connectivity index (χ2v) is 11.4. The fraction of sp³-hybridized carbons (Fsp3) is 0.667. The molecule has 9 aliphatic rings. The quantitative estimate of drug-likeness (QED) is 0.776. The molecule has 27 heavy (non-hydrogen) atoms. The first-order valence-electron chi connectivity index (χ1n) is 11.0. The molecule has 134 valence electrons. The molecule has 0 aromatic heterocycles. The number of ketones is 2. The summed E-state index contributed by atoms with van der Waals surface area (Å²) in [4.78, 5) is 27.9. The molecule has 1 saturated heterocycles. The SMILES string of the molecule is O=C1C2C3CC4C2C(=O)C25C4C3C12C1CC2C5C3O[C@]2(c2ccccc2)C31. The van der Waals surface area contributed by atoms with Crippen molar-refractivity contribution >= 4 is 11.6 Å². The Balaban J connectivity index is 1.31. The summed E-state index contributed by atoms with van der Waals surface area (Å²) >= 11 is 0. The lowest BCUT2D eigenvalue weighted by molar-refractivity contribution is -0.324. The Morgan fingerprint density at radius 2 is 1.48 bits per heavy atom. The molecule has 1 aromatic carbocycles. The van der Waals surface area contributed by atoms with Gasteiger partial charge < -0.3 is 4.74 Å². The third-order valence-electron chi connectivity index (χ3n) is 12.1. The molecule has 3 heteroatoms. The van der Waals surface area contributed by atoms with Gasteiger partial charge in [0.25, 0.3) is 0 Å². The summed E-state index contributed by atoms with van der Waals surface area (Å²) in [7, 11) is 0. The van der Waals surface area contributed by atoms with E-state index < -0.39 is 0 Å². The van der Waals surface area contributed by atoms with Crippen LogP contribution in [0.5, 0.6) is 0 Å². The van der Waals surface area contributed by atoms with Crippen LogP contribution < -0.4 is 0 Å². The second kappa shape index (κ2) is 3.07. The van der Waals surface area contributed by atoms with Gasteiger partial charge in [0.1, 0.15) is 17.2 Å². The van der Waals surface area contributed by atoms with Gasteiger partial charge in [-0.1, -0.05) is 30.3 Å². The highest BCUT2D eigenvalue weighted by atomic mass is 16.6. The monoisotopic (exact) mass is 356 g/mol. The number of fused-ring (bicyclic) bond motifs is 2. The molecule has 3 nitrogen and oxygen atoms in total. The van der Waals surface area contributed by atoms with Crippen LogP contribution in [0, 0.1) is 70.0 Å². The van der Waals surface area contributed by atoms with Gasteiger partial charge in [0.2, 0.25) is 0 Å². The standard InChI is InChI=1S/C24H20O3/c25-20-13-9-6-10-14(13)21(26)23-16(10)15(9)22(20,23)11-7-12-17(23)19-18(11)24(12,27-19)8-4-2-1-3-5-8/h1-5,9-19H,6-7H2/t9?,10?,11?,12?,13?,14?,15?,16?,17?,18?,19?,22?,23?,24-/m0/s1. The van der Waals surface area contributed by atoms with E-state index in [0.29, 0.717) is 58.9 Å². The average Bonchev–Trinajstić information content (AvgIpc) is 3.39. The highest BCUT2D eigenvalue weighted by Gasteiger charge is 3.05. The summed E-state index contributed by atoms with van der Waals surface area (Å²) in [5, 5.41) is 0. The van der Waals surface area contributed by atoms with Crippen LogP contribution in [-0.2, 0) is 19.9 Å². The summed E-state index contributed by atoms with van der Waals surface area (Å²) in [5.41, 5.74) is 0.613. The van der Waals surface area contributed by atoms with Crippen molar-refractivity contribution < 1.29 is 14.3 Å². The lowest BCUT2D eigenvalue weighted by Crippen LogP contribution is -2.80. The third kappa shape index (κ3) is 0.730. The van der Waals surface area contributed by atoms with Crippen LogP contribution in [-0.4, -0.2) is 17.7 Å². The van der Waals surface area contributed by atoms with Crippen molar-refractivity contribution in [3.8, 4) is 0 Å². The summed E-state index contributed by atoms with van der Waals surface area (Å²) in [6.45, 7) is 0. The number of Topliss-reactive ketones (excluding diaryl/α,β-unsaturated/α-hetero) is 2. The van der Waals surface area contributed by atoms with E-state index in [9.17, 15) is 9.59 Å². The van der Waals surface area contributed by atoms with Crippen LogP contribution in [0.15, 0.2) is 30.3 Å². The topological polar surface area (TPSA) is 43.4 Å². The Kier molecular flexibility index (Phi) is 1.46. The van der Waals surface area contributed by atoms with Crippen molar-refractivity contribution in [2.45, 2.75) is 24.5 Å². The van der Waals surface area contributed by atoms with Crippen molar-refractivity contribution in [1.29, 1.82) is 0 Å². The molecule has 10 rings (SSSR count). The number of carbonyl (C=O) groups is 2. The Bertz CT molecular complexity index is 1060. The molecule has 0 N–H and O–H groups in total. The molecule has 8 saturated carbocycles. The molecule has 0 amide bonds. The lowest BCUT2D eigenvalue weighted by Gasteiger charge is -2.75. The largest absolute Gasteiger partial charge is 0.366 e. The van der Waals surface area contributed by atoms with Crippen molar-refractivity contribution in [3.05, 3.63) is 35.9 Å². The molecule has 1 heterocycles. The van der Waals surface area contributed by atoms with Gasteiger partial charge in [-0.25, -0.2) is 0 Å². The fourth-order valence-corrected chi connectivity index (χ4v) is 12.7. The normalized spacial score (nSPS) is 73.0. The molecule has 13 unspecified atom stereocenters. The average molecular weight is 356 g/mol. The number of hydrogen-bond acceptors (Lipinski definition) is 3. The van der Waals surface area contributed by atoms with Crippen LogP contribution in [0.4, 0.5) is 0 Å². The third-order valence-corrected chi connectivity index (χ3v) is 12.1. The number of rotatable bonds is 1. The lowest BCUT2D eigenvalue weighted by atomic mass is 9.27. The minimum absolute atomic E-state index is 0.112. The first-order valence-corrected chi connectivity index (χ1v) is 11.0. The maximum absolute atomic E-state index is 14.0. The van der Waals surface area contributed by atoms with Crippen LogP contribution in [0.2, 0.25) is 0 Å². The van der Waals surface area contributed by atoms with Crippen LogP contribution in [0.3, 0.4) is 0 Å². The molecule has 2 spiro atoms. The maximum Gasteiger partial charge on any atom is 0.144 e. The zero-order valence-electron chi connectivity index (χ0n) is 14.9. The van der Waals surface area contributed by atoms with E-state index in [0.717, 1.165) is 6.42 Å². The van der Waals surface area contributed by atoms with Crippen molar-refractivity contribution in [3.63, 3.8) is 0 Å². The number of benzene rings is 1. The molecule has 1 aromatic rings. The van der Waals surface area contributed by atoms with Gasteiger partial charge >= 0.3 is 0 Å². The smallest absolute Gasteiger partial charge is 0.144 e. The fourth-order valence-electron chi connectivity index (χ4n) is 12.7. The van der Waals surface area contributed by atoms with Gasteiger partial charge in [0.05, 0.1) is 11.5 Å². The van der Waals surface area contributed by atoms with Crippen LogP contribution in [0.1, 0.15) is 18.4 Å². The van der Waals surface area contributed by atoms with Gasteiger partial charge in [-0.3, -0.25) is 9.59 Å². The minimum atomic E-state index is -0.284. The highest BCUT2D eigenvalue weighted by molar-refractivity contribution is 6.12.